The first-order valence-corrected chi connectivity index (χ1v) is 17.1. The molecule has 0 heterocycles. The highest BCUT2D eigenvalue weighted by molar-refractivity contribution is 9.10. The minimum atomic E-state index is -4.33. The number of methoxy groups -OCH3 is 1. The Labute approximate surface area is 278 Å². The highest BCUT2D eigenvalue weighted by Gasteiger charge is 2.35. The largest absolute Gasteiger partial charge is 0.497 e. The lowest BCUT2D eigenvalue weighted by Crippen LogP contribution is -2.54. The highest BCUT2D eigenvalue weighted by Crippen LogP contribution is 2.27. The molecule has 0 radical (unpaired) electrons. The molecule has 1 N–H and O–H groups in total. The second-order valence-corrected chi connectivity index (χ2v) is 13.6. The van der Waals surface area contributed by atoms with Crippen LogP contribution in [0.4, 0.5) is 10.1 Å². The highest BCUT2D eigenvalue weighted by atomic mass is 79.9. The Kier molecular flexibility index (Phi) is 11.9. The lowest BCUT2D eigenvalue weighted by Gasteiger charge is -2.34. The van der Waals surface area contributed by atoms with E-state index in [1.165, 1.54) is 48.4 Å². The van der Waals surface area contributed by atoms with E-state index in [1.807, 2.05) is 68.4 Å². The summed E-state index contributed by atoms with van der Waals surface area (Å²) in [6.07, 6.45) is 0.881. The zero-order valence-electron chi connectivity index (χ0n) is 25.9. The van der Waals surface area contributed by atoms with E-state index in [0.717, 1.165) is 32.0 Å². The fourth-order valence-corrected chi connectivity index (χ4v) is 6.70. The van der Waals surface area contributed by atoms with Crippen LogP contribution < -0.4 is 14.4 Å². The summed E-state index contributed by atoms with van der Waals surface area (Å²) in [5, 5.41) is 3.01. The van der Waals surface area contributed by atoms with Gasteiger partial charge < -0.3 is 15.0 Å². The minimum Gasteiger partial charge on any atom is -0.497 e. The fraction of sp³-hybridized carbons (Fsp3) is 0.257. The molecule has 0 fully saturated rings. The number of hydrogen-bond acceptors (Lipinski definition) is 5. The zero-order valence-corrected chi connectivity index (χ0v) is 28.3. The molecule has 2 amide bonds. The van der Waals surface area contributed by atoms with Gasteiger partial charge in [0.2, 0.25) is 11.8 Å². The van der Waals surface area contributed by atoms with Crippen LogP contribution in [-0.4, -0.2) is 50.9 Å². The Hall–Kier alpha value is -4.22. The molecule has 0 aliphatic heterocycles. The minimum absolute atomic E-state index is 0.0313. The van der Waals surface area contributed by atoms with Crippen molar-refractivity contribution in [2.24, 2.45) is 0 Å². The predicted octanol–water partition coefficient (Wildman–Crippen LogP) is 6.35. The first kappa shape index (κ1) is 34.6. The number of sulfonamides is 1. The molecule has 0 bridgehead atoms. The van der Waals surface area contributed by atoms with Crippen molar-refractivity contribution in [2.75, 3.05) is 18.0 Å². The fourth-order valence-electron chi connectivity index (χ4n) is 4.84. The first-order chi connectivity index (χ1) is 22.0. The Bertz CT molecular complexity index is 1720. The maximum absolute atomic E-state index is 14.5. The Balaban J connectivity index is 1.80. The summed E-state index contributed by atoms with van der Waals surface area (Å²) in [6.45, 7) is 3.22. The van der Waals surface area contributed by atoms with E-state index in [4.69, 9.17) is 4.74 Å². The average Bonchev–Trinajstić information content (AvgIpc) is 3.06. The lowest BCUT2D eigenvalue weighted by atomic mass is 10.0. The van der Waals surface area contributed by atoms with E-state index in [2.05, 4.69) is 21.2 Å². The number of amides is 2. The number of rotatable bonds is 14. The smallest absolute Gasteiger partial charge is 0.264 e. The number of nitrogens with zero attached hydrogens (tertiary/aromatic N) is 2. The van der Waals surface area contributed by atoms with Crippen LogP contribution in [-0.2, 0) is 32.6 Å². The SMILES string of the molecule is CC[C@@H](C)NC(=O)[C@@H](Cc1ccccc1)N(Cc1cccc(Br)c1)C(=O)CN(c1ccc(F)cc1)S(=O)(=O)c1ccc(OC)cc1. The Morgan fingerprint density at radius 2 is 1.57 bits per heavy atom. The summed E-state index contributed by atoms with van der Waals surface area (Å²) < 4.78 is 49.0. The third-order valence-electron chi connectivity index (χ3n) is 7.55. The molecular weight excluding hydrogens is 673 g/mol. The monoisotopic (exact) mass is 709 g/mol. The summed E-state index contributed by atoms with van der Waals surface area (Å²) >= 11 is 3.48. The van der Waals surface area contributed by atoms with E-state index >= 15 is 0 Å². The number of anilines is 1. The van der Waals surface area contributed by atoms with E-state index in [9.17, 15) is 22.4 Å². The molecule has 4 rings (SSSR count). The normalized spacial score (nSPS) is 12.5. The van der Waals surface area contributed by atoms with Crippen LogP contribution in [0.5, 0.6) is 5.75 Å². The van der Waals surface area contributed by atoms with Crippen molar-refractivity contribution in [3.8, 4) is 5.75 Å². The lowest BCUT2D eigenvalue weighted by molar-refractivity contribution is -0.140. The number of nitrogens with one attached hydrogen (secondary N) is 1. The molecule has 0 aliphatic carbocycles. The summed E-state index contributed by atoms with van der Waals surface area (Å²) in [5.74, 6) is -1.06. The second-order valence-electron chi connectivity index (χ2n) is 10.8. The third-order valence-corrected chi connectivity index (χ3v) is 9.84. The van der Waals surface area contributed by atoms with Crippen molar-refractivity contribution in [1.29, 1.82) is 0 Å². The Morgan fingerprint density at radius 3 is 2.17 bits per heavy atom. The molecule has 4 aromatic rings. The molecule has 0 saturated carbocycles. The van der Waals surface area contributed by atoms with Crippen LogP contribution in [0, 0.1) is 5.82 Å². The summed E-state index contributed by atoms with van der Waals surface area (Å²) in [5.41, 5.74) is 1.67. The van der Waals surface area contributed by atoms with Crippen LogP contribution >= 0.6 is 15.9 Å². The standard InChI is InChI=1S/C35H37BrFN3O5S/c1-4-25(2)38-35(42)33(22-26-9-6-5-7-10-26)39(23-27-11-8-12-28(36)21-27)34(41)24-40(30-15-13-29(37)14-16-30)46(43,44)32-19-17-31(45-3)18-20-32/h5-21,25,33H,4,22-24H2,1-3H3,(H,38,42)/t25-,33-/m1/s1. The van der Waals surface area contributed by atoms with Crippen molar-refractivity contribution in [3.63, 3.8) is 0 Å². The molecule has 0 unspecified atom stereocenters. The number of ether oxygens (including phenoxy) is 1. The second kappa shape index (κ2) is 15.9. The summed E-state index contributed by atoms with van der Waals surface area (Å²) in [4.78, 5) is 29.7. The predicted molar refractivity (Wildman–Crippen MR) is 180 cm³/mol. The third kappa shape index (κ3) is 8.95. The molecule has 242 valence electrons. The van der Waals surface area contributed by atoms with Crippen molar-refractivity contribution in [2.45, 2.75) is 50.2 Å². The van der Waals surface area contributed by atoms with Gasteiger partial charge >= 0.3 is 0 Å². The molecule has 0 saturated heterocycles. The maximum atomic E-state index is 14.5. The number of hydrogen-bond donors (Lipinski definition) is 1. The molecule has 2 atom stereocenters. The van der Waals surface area contributed by atoms with Crippen molar-refractivity contribution in [3.05, 3.63) is 125 Å². The van der Waals surface area contributed by atoms with Crippen molar-refractivity contribution < 1.29 is 27.1 Å². The molecular formula is C35H37BrFN3O5S. The number of halogens is 2. The quantitative estimate of drug-likeness (QED) is 0.165. The summed E-state index contributed by atoms with van der Waals surface area (Å²) in [7, 11) is -2.86. The van der Waals surface area contributed by atoms with Crippen LogP contribution in [0.15, 0.2) is 112 Å². The summed E-state index contributed by atoms with van der Waals surface area (Å²) in [6, 6.07) is 26.2. The van der Waals surface area contributed by atoms with E-state index in [1.54, 1.807) is 0 Å². The Morgan fingerprint density at radius 1 is 0.913 bits per heavy atom. The average molecular weight is 711 g/mol. The maximum Gasteiger partial charge on any atom is 0.264 e. The van der Waals surface area contributed by atoms with Crippen LogP contribution in [0.25, 0.3) is 0 Å². The van der Waals surface area contributed by atoms with E-state index < -0.39 is 34.3 Å². The topological polar surface area (TPSA) is 96.0 Å². The van der Waals surface area contributed by atoms with Crippen molar-refractivity contribution >= 4 is 43.5 Å². The number of carbonyl (C=O) groups is 2. The van der Waals surface area contributed by atoms with Gasteiger partial charge in [-0.3, -0.25) is 13.9 Å². The number of benzene rings is 4. The van der Waals surface area contributed by atoms with E-state index in [0.29, 0.717) is 12.2 Å². The van der Waals surface area contributed by atoms with Gasteiger partial charge in [-0.2, -0.15) is 0 Å². The van der Waals surface area contributed by atoms with Gasteiger partial charge in [-0.1, -0.05) is 65.3 Å². The van der Waals surface area contributed by atoms with Crippen LogP contribution in [0.1, 0.15) is 31.4 Å². The van der Waals surface area contributed by atoms with Gasteiger partial charge in [0, 0.05) is 23.5 Å². The molecule has 0 aliphatic rings. The van der Waals surface area contributed by atoms with Gasteiger partial charge in [-0.25, -0.2) is 12.8 Å². The number of carbonyl (C=O) groups excluding carboxylic acids is 2. The molecule has 0 aromatic heterocycles. The van der Waals surface area contributed by atoms with Gasteiger partial charge in [0.25, 0.3) is 10.0 Å². The van der Waals surface area contributed by atoms with Crippen molar-refractivity contribution in [1.82, 2.24) is 10.2 Å². The van der Waals surface area contributed by atoms with Gasteiger partial charge in [0.1, 0.15) is 24.2 Å². The molecule has 4 aromatic carbocycles. The van der Waals surface area contributed by atoms with Crippen LogP contribution in [0.3, 0.4) is 0 Å². The van der Waals surface area contributed by atoms with Gasteiger partial charge in [0.05, 0.1) is 17.7 Å². The van der Waals surface area contributed by atoms with Gasteiger partial charge in [-0.15, -0.1) is 0 Å². The van der Waals surface area contributed by atoms with Crippen LogP contribution in [0.2, 0.25) is 0 Å². The molecule has 0 spiro atoms. The zero-order chi connectivity index (χ0) is 33.3. The molecule has 46 heavy (non-hydrogen) atoms. The van der Waals surface area contributed by atoms with Gasteiger partial charge in [-0.05, 0) is 85.1 Å². The van der Waals surface area contributed by atoms with E-state index in [-0.39, 0.29) is 35.5 Å². The first-order valence-electron chi connectivity index (χ1n) is 14.8. The molecule has 8 nitrogen and oxygen atoms in total. The molecule has 11 heteroatoms. The van der Waals surface area contributed by atoms with Gasteiger partial charge in [0.15, 0.2) is 0 Å².